The summed E-state index contributed by atoms with van der Waals surface area (Å²) < 4.78 is 0. The van der Waals surface area contributed by atoms with Crippen LogP contribution in [0, 0.1) is 0 Å². The van der Waals surface area contributed by atoms with Gasteiger partial charge in [0.15, 0.2) is 0 Å². The molecule has 0 unspecified atom stereocenters. The lowest BCUT2D eigenvalue weighted by Crippen LogP contribution is -2.37. The lowest BCUT2D eigenvalue weighted by molar-refractivity contribution is -0.140. The highest BCUT2D eigenvalue weighted by atomic mass is 16.7. The van der Waals surface area contributed by atoms with Crippen LogP contribution in [0.25, 0.3) is 0 Å². The minimum absolute atomic E-state index is 0.0286. The molecule has 2 bridgehead atoms. The topological polar surface area (TPSA) is 32.8 Å². The lowest BCUT2D eigenvalue weighted by atomic mass is 10.0. The predicted molar refractivity (Wildman–Crippen MR) is 79.0 cm³/mol. The van der Waals surface area contributed by atoms with Crippen LogP contribution in [0.4, 0.5) is 4.79 Å². The average Bonchev–Trinajstić information content (AvgIpc) is 2.77. The molecule has 0 saturated carbocycles. The van der Waals surface area contributed by atoms with Gasteiger partial charge in [0.2, 0.25) is 0 Å². The van der Waals surface area contributed by atoms with Gasteiger partial charge in [0.05, 0.1) is 6.04 Å². The second-order valence-electron chi connectivity index (χ2n) is 5.10. The zero-order valence-electron chi connectivity index (χ0n) is 12.6. The molecule has 2 heterocycles. The maximum Gasteiger partial charge on any atom is 0.344 e. The fourth-order valence-corrected chi connectivity index (χ4v) is 2.71. The Bertz CT molecular complexity index is 435. The summed E-state index contributed by atoms with van der Waals surface area (Å²) in [6.07, 6.45) is 2.11. The molecule has 0 aromatic heterocycles. The first kappa shape index (κ1) is 14.9. The highest BCUT2D eigenvalue weighted by Crippen LogP contribution is 2.29. The van der Waals surface area contributed by atoms with Gasteiger partial charge >= 0.3 is 6.03 Å². The summed E-state index contributed by atoms with van der Waals surface area (Å²) >= 11 is 0. The minimum atomic E-state index is 0.0286. The summed E-state index contributed by atoms with van der Waals surface area (Å²) in [6.45, 7) is 7.38. The van der Waals surface area contributed by atoms with Crippen molar-refractivity contribution >= 4 is 6.03 Å². The smallest absolute Gasteiger partial charge is 0.318 e. The normalized spacial score (nSPS) is 24.4. The SMILES string of the molecule is CC.C[C@@H]1CC[C@@H]2CN1C(=O)N2OCc1ccccc1. The van der Waals surface area contributed by atoms with Crippen molar-refractivity contribution in [3.05, 3.63) is 35.9 Å². The summed E-state index contributed by atoms with van der Waals surface area (Å²) in [5.41, 5.74) is 1.09. The molecule has 2 aliphatic rings. The van der Waals surface area contributed by atoms with Crippen LogP contribution >= 0.6 is 0 Å². The predicted octanol–water partition coefficient (Wildman–Crippen LogP) is 3.43. The minimum Gasteiger partial charge on any atom is -0.318 e. The van der Waals surface area contributed by atoms with E-state index in [2.05, 4.69) is 6.92 Å². The molecule has 4 heteroatoms. The molecule has 20 heavy (non-hydrogen) atoms. The number of rotatable bonds is 3. The molecule has 0 N–H and O–H groups in total. The highest BCUT2D eigenvalue weighted by Gasteiger charge is 2.43. The van der Waals surface area contributed by atoms with Crippen molar-refractivity contribution in [2.75, 3.05) is 6.54 Å². The molecule has 2 aliphatic heterocycles. The first-order valence-electron chi connectivity index (χ1n) is 7.52. The van der Waals surface area contributed by atoms with E-state index in [4.69, 9.17) is 4.84 Å². The van der Waals surface area contributed by atoms with E-state index in [0.717, 1.165) is 24.9 Å². The Morgan fingerprint density at radius 3 is 2.55 bits per heavy atom. The van der Waals surface area contributed by atoms with Gasteiger partial charge in [-0.25, -0.2) is 4.79 Å². The summed E-state index contributed by atoms with van der Waals surface area (Å²) in [5, 5.41) is 1.58. The molecule has 4 nitrogen and oxygen atoms in total. The van der Waals surface area contributed by atoms with Gasteiger partial charge in [-0.15, -0.1) is 0 Å². The molecule has 1 aromatic rings. The molecule has 2 amide bonds. The Labute approximate surface area is 121 Å². The summed E-state index contributed by atoms with van der Waals surface area (Å²) in [6, 6.07) is 10.6. The van der Waals surface area contributed by atoms with Crippen LogP contribution in [0.3, 0.4) is 0 Å². The number of carbonyl (C=O) groups is 1. The van der Waals surface area contributed by atoms with Gasteiger partial charge in [0.1, 0.15) is 6.61 Å². The molecule has 2 atom stereocenters. The van der Waals surface area contributed by atoms with Crippen LogP contribution in [0.15, 0.2) is 30.3 Å². The van der Waals surface area contributed by atoms with E-state index in [-0.39, 0.29) is 12.1 Å². The second kappa shape index (κ2) is 6.75. The van der Waals surface area contributed by atoms with E-state index in [1.54, 1.807) is 5.06 Å². The molecule has 1 aromatic carbocycles. The number of amides is 2. The van der Waals surface area contributed by atoms with Crippen molar-refractivity contribution in [1.82, 2.24) is 9.96 Å². The number of fused-ring (bicyclic) bond motifs is 2. The Kier molecular flexibility index (Phi) is 5.01. The van der Waals surface area contributed by atoms with Gasteiger partial charge < -0.3 is 4.90 Å². The van der Waals surface area contributed by atoms with E-state index < -0.39 is 0 Å². The van der Waals surface area contributed by atoms with Gasteiger partial charge in [-0.3, -0.25) is 4.84 Å². The van der Waals surface area contributed by atoms with Crippen molar-refractivity contribution < 1.29 is 9.63 Å². The maximum absolute atomic E-state index is 12.1. The zero-order chi connectivity index (χ0) is 14.5. The molecule has 2 saturated heterocycles. The van der Waals surface area contributed by atoms with Crippen molar-refractivity contribution in [3.8, 4) is 0 Å². The van der Waals surface area contributed by atoms with Crippen LogP contribution in [-0.2, 0) is 11.4 Å². The third-order valence-electron chi connectivity index (χ3n) is 3.84. The van der Waals surface area contributed by atoms with E-state index in [9.17, 15) is 4.79 Å². The molecular formula is C16H24N2O2. The first-order chi connectivity index (χ1) is 9.75. The average molecular weight is 276 g/mol. The molecule has 0 aliphatic carbocycles. The zero-order valence-corrected chi connectivity index (χ0v) is 12.6. The van der Waals surface area contributed by atoms with E-state index in [0.29, 0.717) is 12.6 Å². The van der Waals surface area contributed by atoms with Gasteiger partial charge in [-0.05, 0) is 25.3 Å². The van der Waals surface area contributed by atoms with E-state index in [1.807, 2.05) is 49.1 Å². The summed E-state index contributed by atoms with van der Waals surface area (Å²) in [4.78, 5) is 19.8. The Morgan fingerprint density at radius 1 is 1.20 bits per heavy atom. The van der Waals surface area contributed by atoms with Crippen LogP contribution in [0.1, 0.15) is 39.2 Å². The standard InChI is InChI=1S/C14H18N2O2.C2H6/c1-11-7-8-13-9-15(11)14(17)16(13)18-10-12-5-3-2-4-6-12;1-2/h2-6,11,13H,7-10H2,1H3;1-2H3/t11-,13-;/m1./s1. The monoisotopic (exact) mass is 276 g/mol. The number of urea groups is 1. The number of hydrogen-bond donors (Lipinski definition) is 0. The Hall–Kier alpha value is -1.55. The molecule has 3 rings (SSSR count). The lowest BCUT2D eigenvalue weighted by Gasteiger charge is -2.27. The number of benzene rings is 1. The number of piperidine rings is 1. The molecule has 0 spiro atoms. The van der Waals surface area contributed by atoms with Gasteiger partial charge in [-0.1, -0.05) is 44.2 Å². The van der Waals surface area contributed by atoms with Gasteiger partial charge in [0, 0.05) is 12.6 Å². The number of hydrogen-bond acceptors (Lipinski definition) is 2. The second-order valence-corrected chi connectivity index (χ2v) is 5.10. The van der Waals surface area contributed by atoms with Crippen molar-refractivity contribution in [1.29, 1.82) is 0 Å². The van der Waals surface area contributed by atoms with Crippen molar-refractivity contribution in [3.63, 3.8) is 0 Å². The molecular weight excluding hydrogens is 252 g/mol. The quantitative estimate of drug-likeness (QED) is 0.847. The van der Waals surface area contributed by atoms with E-state index >= 15 is 0 Å². The molecule has 110 valence electrons. The van der Waals surface area contributed by atoms with Crippen molar-refractivity contribution in [2.45, 2.75) is 52.3 Å². The maximum atomic E-state index is 12.1. The fourth-order valence-electron chi connectivity index (χ4n) is 2.71. The summed E-state index contributed by atoms with van der Waals surface area (Å²) in [5.74, 6) is 0. The third-order valence-corrected chi connectivity index (χ3v) is 3.84. The number of carbonyl (C=O) groups excluding carboxylic acids is 1. The largest absolute Gasteiger partial charge is 0.344 e. The third kappa shape index (κ3) is 2.96. The fraction of sp³-hybridized carbons (Fsp3) is 0.562. The number of nitrogens with zero attached hydrogens (tertiary/aromatic N) is 2. The highest BCUT2D eigenvalue weighted by molar-refractivity contribution is 5.76. The number of hydroxylamine groups is 2. The molecule has 0 radical (unpaired) electrons. The van der Waals surface area contributed by atoms with Crippen LogP contribution in [-0.4, -0.2) is 34.6 Å². The molecule has 2 fully saturated rings. The van der Waals surface area contributed by atoms with Gasteiger partial charge in [-0.2, -0.15) is 5.06 Å². The summed E-state index contributed by atoms with van der Waals surface area (Å²) in [7, 11) is 0. The van der Waals surface area contributed by atoms with Crippen molar-refractivity contribution in [2.24, 2.45) is 0 Å². The first-order valence-corrected chi connectivity index (χ1v) is 7.52. The van der Waals surface area contributed by atoms with Gasteiger partial charge in [0.25, 0.3) is 0 Å². The van der Waals surface area contributed by atoms with Crippen LogP contribution in [0.2, 0.25) is 0 Å². The Balaban J connectivity index is 0.000000704. The van der Waals surface area contributed by atoms with Crippen LogP contribution in [0.5, 0.6) is 0 Å². The Morgan fingerprint density at radius 2 is 1.90 bits per heavy atom. The van der Waals surface area contributed by atoms with E-state index in [1.165, 1.54) is 0 Å². The van der Waals surface area contributed by atoms with Crippen LogP contribution < -0.4 is 0 Å².